The zero-order valence-corrected chi connectivity index (χ0v) is 23.9. The molecule has 0 unspecified atom stereocenters. The molecule has 208 valence electrons. The highest BCUT2D eigenvalue weighted by Gasteiger charge is 2.21. The Labute approximate surface area is 241 Å². The van der Waals surface area contributed by atoms with E-state index in [1.54, 1.807) is 19.2 Å². The third-order valence-corrected chi connectivity index (χ3v) is 7.00. The number of methoxy groups -OCH3 is 1. The number of carboxylic acids is 1. The molecule has 40 heavy (non-hydrogen) atoms. The molecule has 1 atom stereocenters. The second-order valence-corrected chi connectivity index (χ2v) is 10.1. The van der Waals surface area contributed by atoms with Gasteiger partial charge in [0.1, 0.15) is 23.3 Å². The van der Waals surface area contributed by atoms with Crippen molar-refractivity contribution < 1.29 is 28.6 Å². The number of halogens is 1. The number of carbonyl (C=O) groups is 2. The number of oxazole rings is 1. The molecular formula is C31H31BrN2O6. The minimum Gasteiger partial charge on any atom is -0.497 e. The van der Waals surface area contributed by atoms with E-state index < -0.39 is 12.0 Å². The van der Waals surface area contributed by atoms with E-state index in [4.69, 9.17) is 13.9 Å². The average molecular weight is 608 g/mol. The molecule has 0 radical (unpaired) electrons. The molecule has 2 N–H and O–H groups in total. The highest BCUT2D eigenvalue weighted by Crippen LogP contribution is 2.27. The molecule has 8 nitrogen and oxygen atoms in total. The van der Waals surface area contributed by atoms with E-state index in [9.17, 15) is 14.7 Å². The summed E-state index contributed by atoms with van der Waals surface area (Å²) >= 11 is 3.52. The van der Waals surface area contributed by atoms with Crippen molar-refractivity contribution in [2.75, 3.05) is 13.7 Å². The third-order valence-electron chi connectivity index (χ3n) is 6.38. The number of hydrogen-bond acceptors (Lipinski definition) is 6. The first kappa shape index (κ1) is 28.9. The molecule has 0 aliphatic carbocycles. The van der Waals surface area contributed by atoms with Gasteiger partial charge in [-0.15, -0.1) is 0 Å². The quantitative estimate of drug-likeness (QED) is 0.198. The third kappa shape index (κ3) is 7.95. The van der Waals surface area contributed by atoms with Crippen LogP contribution in [0.3, 0.4) is 0 Å². The van der Waals surface area contributed by atoms with Crippen molar-refractivity contribution in [3.8, 4) is 23.0 Å². The van der Waals surface area contributed by atoms with Crippen LogP contribution in [-0.2, 0) is 28.9 Å². The van der Waals surface area contributed by atoms with Gasteiger partial charge in [0.05, 0.1) is 23.9 Å². The summed E-state index contributed by atoms with van der Waals surface area (Å²) in [5.41, 5.74) is 3.47. The molecule has 0 saturated heterocycles. The predicted molar refractivity (Wildman–Crippen MR) is 155 cm³/mol. The minimum atomic E-state index is -1.09. The SMILES string of the molecule is COc1ccc(CCC(=O)N[C@@H](Cc2ccc(OCCc3nc(-c4ccccc4)oc3C)c(Br)c2)C(=O)O)cc1. The summed E-state index contributed by atoms with van der Waals surface area (Å²) in [6.07, 6.45) is 1.40. The van der Waals surface area contributed by atoms with Gasteiger partial charge < -0.3 is 24.3 Å². The Hall–Kier alpha value is -4.11. The van der Waals surface area contributed by atoms with Crippen LogP contribution in [0.25, 0.3) is 11.5 Å². The van der Waals surface area contributed by atoms with E-state index in [2.05, 4.69) is 26.2 Å². The Bertz CT molecular complexity index is 1440. The first-order valence-corrected chi connectivity index (χ1v) is 13.7. The molecule has 0 fully saturated rings. The Kier molecular flexibility index (Phi) is 9.96. The molecule has 4 rings (SSSR count). The van der Waals surface area contributed by atoms with E-state index in [1.807, 2.05) is 67.6 Å². The number of hydrogen-bond donors (Lipinski definition) is 2. The summed E-state index contributed by atoms with van der Waals surface area (Å²) in [4.78, 5) is 28.9. The Balaban J connectivity index is 1.28. The van der Waals surface area contributed by atoms with Gasteiger partial charge in [-0.3, -0.25) is 4.79 Å². The normalized spacial score (nSPS) is 11.6. The van der Waals surface area contributed by atoms with Crippen molar-refractivity contribution in [3.05, 3.63) is 99.9 Å². The highest BCUT2D eigenvalue weighted by molar-refractivity contribution is 9.10. The van der Waals surface area contributed by atoms with Crippen LogP contribution in [-0.4, -0.2) is 41.7 Å². The molecule has 0 aliphatic rings. The molecule has 1 aromatic heterocycles. The molecule has 0 aliphatic heterocycles. The van der Waals surface area contributed by atoms with Crippen LogP contribution in [0.4, 0.5) is 0 Å². The molecule has 9 heteroatoms. The molecule has 3 aromatic carbocycles. The largest absolute Gasteiger partial charge is 0.497 e. The van der Waals surface area contributed by atoms with Crippen LogP contribution >= 0.6 is 15.9 Å². The fourth-order valence-electron chi connectivity index (χ4n) is 4.16. The zero-order chi connectivity index (χ0) is 28.5. The van der Waals surface area contributed by atoms with Crippen molar-refractivity contribution >= 4 is 27.8 Å². The van der Waals surface area contributed by atoms with E-state index in [0.717, 1.165) is 33.9 Å². The molecule has 0 spiro atoms. The maximum atomic E-state index is 12.5. The second kappa shape index (κ2) is 13.8. The number of amides is 1. The fourth-order valence-corrected chi connectivity index (χ4v) is 4.70. The van der Waals surface area contributed by atoms with Gasteiger partial charge in [0, 0.05) is 24.8 Å². The van der Waals surface area contributed by atoms with Gasteiger partial charge in [-0.05, 0) is 76.8 Å². The summed E-state index contributed by atoms with van der Waals surface area (Å²) in [7, 11) is 1.59. The van der Waals surface area contributed by atoms with Gasteiger partial charge in [-0.1, -0.05) is 36.4 Å². The topological polar surface area (TPSA) is 111 Å². The maximum absolute atomic E-state index is 12.5. The Morgan fingerprint density at radius 2 is 1.75 bits per heavy atom. The highest BCUT2D eigenvalue weighted by atomic mass is 79.9. The average Bonchev–Trinajstić information content (AvgIpc) is 3.33. The number of ether oxygens (including phenoxy) is 2. The van der Waals surface area contributed by atoms with Crippen molar-refractivity contribution in [1.29, 1.82) is 0 Å². The van der Waals surface area contributed by atoms with Crippen molar-refractivity contribution in [2.24, 2.45) is 0 Å². The monoisotopic (exact) mass is 606 g/mol. The number of nitrogens with one attached hydrogen (secondary N) is 1. The van der Waals surface area contributed by atoms with Gasteiger partial charge in [0.2, 0.25) is 11.8 Å². The number of benzene rings is 3. The summed E-state index contributed by atoms with van der Waals surface area (Å²) in [5.74, 6) is 1.29. The van der Waals surface area contributed by atoms with Crippen LogP contribution in [0.1, 0.15) is 29.0 Å². The number of rotatable bonds is 13. The lowest BCUT2D eigenvalue weighted by Crippen LogP contribution is -2.42. The second-order valence-electron chi connectivity index (χ2n) is 9.26. The van der Waals surface area contributed by atoms with Gasteiger partial charge >= 0.3 is 5.97 Å². The van der Waals surface area contributed by atoms with Gasteiger partial charge in [0.15, 0.2) is 0 Å². The van der Waals surface area contributed by atoms with Gasteiger partial charge in [0.25, 0.3) is 0 Å². The van der Waals surface area contributed by atoms with E-state index in [0.29, 0.717) is 35.6 Å². The van der Waals surface area contributed by atoms with Crippen molar-refractivity contribution in [2.45, 2.75) is 38.6 Å². The molecule has 1 heterocycles. The van der Waals surface area contributed by atoms with Gasteiger partial charge in [-0.25, -0.2) is 9.78 Å². The molecule has 0 bridgehead atoms. The first-order chi connectivity index (χ1) is 19.3. The number of aromatic nitrogens is 1. The lowest BCUT2D eigenvalue weighted by Gasteiger charge is -2.16. The summed E-state index contributed by atoms with van der Waals surface area (Å²) in [6, 6.07) is 21.5. The van der Waals surface area contributed by atoms with Crippen molar-refractivity contribution in [1.82, 2.24) is 10.3 Å². The van der Waals surface area contributed by atoms with Gasteiger partial charge in [-0.2, -0.15) is 0 Å². The summed E-state index contributed by atoms with van der Waals surface area (Å²) in [5, 5.41) is 12.3. The molecule has 4 aromatic rings. The predicted octanol–water partition coefficient (Wildman–Crippen LogP) is 5.79. The van der Waals surface area contributed by atoms with Crippen LogP contribution in [0, 0.1) is 6.92 Å². The smallest absolute Gasteiger partial charge is 0.326 e. The van der Waals surface area contributed by atoms with Crippen LogP contribution in [0.5, 0.6) is 11.5 Å². The summed E-state index contributed by atoms with van der Waals surface area (Å²) < 4.78 is 17.6. The Morgan fingerprint density at radius 3 is 2.42 bits per heavy atom. The zero-order valence-electron chi connectivity index (χ0n) is 22.4. The summed E-state index contributed by atoms with van der Waals surface area (Å²) in [6.45, 7) is 2.28. The fraction of sp³-hybridized carbons (Fsp3) is 0.258. The standard InChI is InChI=1S/C31H31BrN2O6/c1-20-26(34-30(40-20)23-6-4-3-5-7-23)16-17-39-28-14-10-22(18-25(28)32)19-27(31(36)37)33-29(35)15-11-21-8-12-24(38-2)13-9-21/h3-10,12-14,18,27H,11,15-17,19H2,1-2H3,(H,33,35)(H,36,37)/t27-/m0/s1. The van der Waals surface area contributed by atoms with E-state index in [1.165, 1.54) is 0 Å². The van der Waals surface area contributed by atoms with Crippen LogP contribution < -0.4 is 14.8 Å². The number of aliphatic carboxylic acids is 1. The Morgan fingerprint density at radius 1 is 1.02 bits per heavy atom. The maximum Gasteiger partial charge on any atom is 0.326 e. The molecule has 0 saturated carbocycles. The van der Waals surface area contributed by atoms with Crippen molar-refractivity contribution in [3.63, 3.8) is 0 Å². The lowest BCUT2D eigenvalue weighted by molar-refractivity contribution is -0.141. The number of carboxylic acid groups (broad SMARTS) is 1. The lowest BCUT2D eigenvalue weighted by atomic mass is 10.0. The molecule has 1 amide bonds. The number of carbonyl (C=O) groups excluding carboxylic acids is 1. The van der Waals surface area contributed by atoms with E-state index >= 15 is 0 Å². The first-order valence-electron chi connectivity index (χ1n) is 12.9. The van der Waals surface area contributed by atoms with Crippen LogP contribution in [0.15, 0.2) is 81.7 Å². The molecular weight excluding hydrogens is 576 g/mol. The number of aryl methyl sites for hydroxylation is 2. The minimum absolute atomic E-state index is 0.142. The van der Waals surface area contributed by atoms with Crippen LogP contribution in [0.2, 0.25) is 0 Å². The number of nitrogens with zero attached hydrogens (tertiary/aromatic N) is 1. The van der Waals surface area contributed by atoms with E-state index in [-0.39, 0.29) is 18.7 Å².